The van der Waals surface area contributed by atoms with E-state index in [1.165, 1.54) is 0 Å². The fourth-order valence-corrected chi connectivity index (χ4v) is 5.01. The van der Waals surface area contributed by atoms with Crippen LogP contribution in [-0.2, 0) is 17.3 Å². The number of carbonyl (C=O) groups excluding carboxylic acids is 1. The molecule has 8 nitrogen and oxygen atoms in total. The highest BCUT2D eigenvalue weighted by atomic mass is 16.5. The van der Waals surface area contributed by atoms with Crippen molar-refractivity contribution in [2.75, 3.05) is 0 Å². The van der Waals surface area contributed by atoms with Crippen molar-refractivity contribution in [1.82, 2.24) is 24.6 Å². The minimum absolute atomic E-state index is 0.228. The van der Waals surface area contributed by atoms with Crippen molar-refractivity contribution in [2.45, 2.75) is 32.1 Å². The van der Waals surface area contributed by atoms with Gasteiger partial charge >= 0.3 is 0 Å². The number of benzene rings is 2. The second-order valence-corrected chi connectivity index (χ2v) is 11.1. The Morgan fingerprint density at radius 3 is 2.20 bits per heavy atom. The molecule has 6 rings (SSSR count). The van der Waals surface area contributed by atoms with E-state index in [-0.39, 0.29) is 5.41 Å². The van der Waals surface area contributed by atoms with Crippen molar-refractivity contribution in [3.8, 4) is 33.4 Å². The molecule has 6 aromatic rings. The largest absolute Gasteiger partial charge is 0.369 e. The predicted molar refractivity (Wildman–Crippen MR) is 155 cm³/mol. The molecule has 2 aromatic carbocycles. The highest BCUT2D eigenvalue weighted by Crippen LogP contribution is 2.37. The van der Waals surface area contributed by atoms with Gasteiger partial charge < -0.3 is 10.3 Å². The van der Waals surface area contributed by atoms with Crippen LogP contribution >= 0.6 is 0 Å². The van der Waals surface area contributed by atoms with Crippen LogP contribution in [-0.4, -0.2) is 30.5 Å². The lowest BCUT2D eigenvalue weighted by Gasteiger charge is -2.13. The first-order chi connectivity index (χ1) is 19.2. The smallest absolute Gasteiger partial charge is 0.231 e. The molecule has 2 N–H and O–H groups in total. The number of hydrogen-bond donors (Lipinski definition) is 1. The molecule has 4 heterocycles. The Kier molecular flexibility index (Phi) is 6.10. The Labute approximate surface area is 232 Å². The molecule has 0 aliphatic heterocycles. The lowest BCUT2D eigenvalue weighted by molar-refractivity contribution is -0.118. The normalized spacial score (nSPS) is 12.6. The number of primary amides is 1. The van der Waals surface area contributed by atoms with Crippen LogP contribution < -0.4 is 5.73 Å². The number of pyridine rings is 1. The van der Waals surface area contributed by atoms with Gasteiger partial charge in [-0.25, -0.2) is 4.52 Å². The molecule has 8 heteroatoms. The number of rotatable bonds is 6. The molecular formula is C32H30N6O2. The number of nitrogens with zero attached hydrogens (tertiary/aromatic N) is 5. The standard InChI is InChI=1S/C32H30N6O2/c1-32(2,3)28-15-27(36-40-28)29(31(33)39)22-12-10-21(11-13-22)26-17-35-38-19-23(24-16-34-37(4)18-24)14-25(30(26)38)20-8-6-5-7-9-20/h5-19,29H,1-4H3,(H2,33,39). The minimum Gasteiger partial charge on any atom is -0.369 e. The summed E-state index contributed by atoms with van der Waals surface area (Å²) in [5.41, 5.74) is 14.0. The molecular weight excluding hydrogens is 500 g/mol. The first-order valence-electron chi connectivity index (χ1n) is 13.1. The predicted octanol–water partition coefficient (Wildman–Crippen LogP) is 5.97. The van der Waals surface area contributed by atoms with E-state index in [1.807, 2.05) is 106 Å². The number of nitrogens with two attached hydrogens (primary N) is 1. The summed E-state index contributed by atoms with van der Waals surface area (Å²) in [6, 6.07) is 22.1. The zero-order valence-corrected chi connectivity index (χ0v) is 22.9. The van der Waals surface area contributed by atoms with Gasteiger partial charge in [0.15, 0.2) is 0 Å². The fourth-order valence-electron chi connectivity index (χ4n) is 5.01. The fraction of sp³-hybridized carbons (Fsp3) is 0.188. The summed E-state index contributed by atoms with van der Waals surface area (Å²) in [7, 11) is 1.91. The van der Waals surface area contributed by atoms with E-state index in [4.69, 9.17) is 15.4 Å². The molecule has 4 aromatic heterocycles. The Hall–Kier alpha value is -4.98. The van der Waals surface area contributed by atoms with E-state index >= 15 is 0 Å². The van der Waals surface area contributed by atoms with Crippen molar-refractivity contribution in [3.63, 3.8) is 0 Å². The molecule has 1 amide bonds. The third-order valence-electron chi connectivity index (χ3n) is 7.14. The third-order valence-corrected chi connectivity index (χ3v) is 7.14. The van der Waals surface area contributed by atoms with E-state index in [9.17, 15) is 4.79 Å². The Morgan fingerprint density at radius 2 is 1.57 bits per heavy atom. The second kappa shape index (κ2) is 9.64. The Balaban J connectivity index is 1.44. The molecule has 0 saturated carbocycles. The maximum Gasteiger partial charge on any atom is 0.231 e. The molecule has 0 spiro atoms. The van der Waals surface area contributed by atoms with E-state index < -0.39 is 11.8 Å². The molecule has 200 valence electrons. The summed E-state index contributed by atoms with van der Waals surface area (Å²) < 4.78 is 9.25. The van der Waals surface area contributed by atoms with E-state index in [0.717, 1.165) is 44.5 Å². The van der Waals surface area contributed by atoms with Crippen molar-refractivity contribution >= 4 is 11.4 Å². The van der Waals surface area contributed by atoms with Gasteiger partial charge in [-0.3, -0.25) is 9.48 Å². The van der Waals surface area contributed by atoms with Gasteiger partial charge in [0.05, 0.1) is 17.9 Å². The van der Waals surface area contributed by atoms with Gasteiger partial charge in [0.1, 0.15) is 17.4 Å². The van der Waals surface area contributed by atoms with Crippen molar-refractivity contribution < 1.29 is 9.32 Å². The van der Waals surface area contributed by atoms with Gasteiger partial charge in [-0.2, -0.15) is 10.2 Å². The summed E-state index contributed by atoms with van der Waals surface area (Å²) in [5, 5.41) is 13.2. The van der Waals surface area contributed by atoms with Crippen LogP contribution in [0.25, 0.3) is 38.9 Å². The summed E-state index contributed by atoms with van der Waals surface area (Å²) >= 11 is 0. The van der Waals surface area contributed by atoms with Crippen LogP contribution in [0.4, 0.5) is 0 Å². The Bertz CT molecular complexity index is 1820. The summed E-state index contributed by atoms with van der Waals surface area (Å²) in [6.45, 7) is 6.10. The third kappa shape index (κ3) is 4.58. The minimum atomic E-state index is -0.709. The molecule has 1 atom stereocenters. The maximum absolute atomic E-state index is 12.5. The van der Waals surface area contributed by atoms with E-state index in [1.54, 1.807) is 4.68 Å². The van der Waals surface area contributed by atoms with Crippen molar-refractivity contribution in [2.24, 2.45) is 12.8 Å². The summed E-state index contributed by atoms with van der Waals surface area (Å²) in [5.74, 6) is -0.484. The number of aromatic nitrogens is 5. The number of hydrogen-bond acceptors (Lipinski definition) is 5. The number of aryl methyl sites for hydroxylation is 1. The molecule has 0 aliphatic carbocycles. The highest BCUT2D eigenvalue weighted by Gasteiger charge is 2.28. The van der Waals surface area contributed by atoms with Crippen molar-refractivity contribution in [3.05, 3.63) is 109 Å². The first-order valence-corrected chi connectivity index (χ1v) is 13.1. The van der Waals surface area contributed by atoms with E-state index in [2.05, 4.69) is 28.5 Å². The van der Waals surface area contributed by atoms with Gasteiger partial charge in [-0.1, -0.05) is 80.5 Å². The maximum atomic E-state index is 12.5. The average molecular weight is 531 g/mol. The molecule has 0 saturated heterocycles. The van der Waals surface area contributed by atoms with Crippen molar-refractivity contribution in [1.29, 1.82) is 0 Å². The second-order valence-electron chi connectivity index (χ2n) is 11.1. The van der Waals surface area contributed by atoms with Gasteiger partial charge in [-0.15, -0.1) is 0 Å². The van der Waals surface area contributed by atoms with Gasteiger partial charge in [0, 0.05) is 53.2 Å². The zero-order chi connectivity index (χ0) is 28.0. The van der Waals surface area contributed by atoms with Gasteiger partial charge in [-0.05, 0) is 22.8 Å². The zero-order valence-electron chi connectivity index (χ0n) is 22.9. The number of carbonyl (C=O) groups is 1. The van der Waals surface area contributed by atoms with Crippen LogP contribution in [0, 0.1) is 0 Å². The lowest BCUT2D eigenvalue weighted by Crippen LogP contribution is -2.22. The molecule has 0 aliphatic rings. The Morgan fingerprint density at radius 1 is 0.850 bits per heavy atom. The highest BCUT2D eigenvalue weighted by molar-refractivity contribution is 5.94. The SMILES string of the molecule is Cn1cc(-c2cc(-c3ccccc3)c3c(-c4ccc(C(C(N)=O)c5cc(C(C)(C)C)on5)cc4)cnn3c2)cn1. The van der Waals surface area contributed by atoms with Crippen LogP contribution in [0.1, 0.15) is 43.7 Å². The van der Waals surface area contributed by atoms with Crippen LogP contribution in [0.3, 0.4) is 0 Å². The summed E-state index contributed by atoms with van der Waals surface area (Å²) in [4.78, 5) is 12.5. The molecule has 0 fully saturated rings. The topological polar surface area (TPSA) is 104 Å². The molecule has 0 radical (unpaired) electrons. The van der Waals surface area contributed by atoms with E-state index in [0.29, 0.717) is 11.5 Å². The lowest BCUT2D eigenvalue weighted by atomic mass is 9.89. The molecule has 40 heavy (non-hydrogen) atoms. The number of fused-ring (bicyclic) bond motifs is 1. The number of amides is 1. The average Bonchev–Trinajstić information content (AvgIpc) is 3.69. The quantitative estimate of drug-likeness (QED) is 0.286. The van der Waals surface area contributed by atoms with Gasteiger partial charge in [0.2, 0.25) is 5.91 Å². The van der Waals surface area contributed by atoms with Crippen LogP contribution in [0.2, 0.25) is 0 Å². The van der Waals surface area contributed by atoms with Crippen LogP contribution in [0.15, 0.2) is 96.0 Å². The van der Waals surface area contributed by atoms with Gasteiger partial charge in [0.25, 0.3) is 0 Å². The first kappa shape index (κ1) is 25.3. The summed E-state index contributed by atoms with van der Waals surface area (Å²) in [6.07, 6.45) is 7.75. The monoisotopic (exact) mass is 530 g/mol. The van der Waals surface area contributed by atoms with Crippen LogP contribution in [0.5, 0.6) is 0 Å². The molecule has 0 bridgehead atoms. The molecule has 1 unspecified atom stereocenters.